The van der Waals surface area contributed by atoms with E-state index >= 15 is 0 Å². The van der Waals surface area contributed by atoms with Gasteiger partial charge in [-0.25, -0.2) is 0 Å². The highest BCUT2D eigenvalue weighted by molar-refractivity contribution is 7.16. The van der Waals surface area contributed by atoms with Crippen LogP contribution in [-0.4, -0.2) is 47.3 Å². The van der Waals surface area contributed by atoms with Gasteiger partial charge in [-0.2, -0.15) is 5.10 Å². The number of hydrogen-bond acceptors (Lipinski definition) is 3. The van der Waals surface area contributed by atoms with E-state index in [1.54, 1.807) is 11.3 Å². The molecular formula is C16H22ClN5S. The second-order valence-electron chi connectivity index (χ2n) is 5.81. The van der Waals surface area contributed by atoms with Crippen molar-refractivity contribution in [3.8, 4) is 0 Å². The van der Waals surface area contributed by atoms with Crippen LogP contribution in [0.2, 0.25) is 4.34 Å². The zero-order chi connectivity index (χ0) is 16.2. The number of hydrogen-bond donors (Lipinski definition) is 1. The Morgan fingerprint density at radius 3 is 3.04 bits per heavy atom. The summed E-state index contributed by atoms with van der Waals surface area (Å²) in [6.07, 6.45) is 6.21. The van der Waals surface area contributed by atoms with Gasteiger partial charge in [-0.3, -0.25) is 9.67 Å². The molecule has 3 heterocycles. The second kappa shape index (κ2) is 7.36. The molecule has 0 bridgehead atoms. The molecular weight excluding hydrogens is 330 g/mol. The first kappa shape index (κ1) is 16.3. The third kappa shape index (κ3) is 4.06. The normalized spacial score (nSPS) is 18.7. The third-order valence-electron chi connectivity index (χ3n) is 4.18. The molecule has 0 spiro atoms. The van der Waals surface area contributed by atoms with E-state index in [9.17, 15) is 0 Å². The van der Waals surface area contributed by atoms with Gasteiger partial charge in [-0.15, -0.1) is 11.3 Å². The molecule has 0 aromatic carbocycles. The molecule has 1 saturated heterocycles. The van der Waals surface area contributed by atoms with Crippen molar-refractivity contribution in [3.63, 3.8) is 0 Å². The average molecular weight is 352 g/mol. The van der Waals surface area contributed by atoms with E-state index in [0.717, 1.165) is 42.8 Å². The summed E-state index contributed by atoms with van der Waals surface area (Å²) >= 11 is 7.61. The van der Waals surface area contributed by atoms with Crippen molar-refractivity contribution in [3.05, 3.63) is 39.3 Å². The smallest absolute Gasteiger partial charge is 0.193 e. The zero-order valence-corrected chi connectivity index (χ0v) is 15.1. The van der Waals surface area contributed by atoms with Gasteiger partial charge >= 0.3 is 0 Å². The first-order valence-corrected chi connectivity index (χ1v) is 9.03. The minimum atomic E-state index is 0.540. The van der Waals surface area contributed by atoms with Crippen molar-refractivity contribution >= 4 is 28.9 Å². The summed E-state index contributed by atoms with van der Waals surface area (Å²) in [5.41, 5.74) is 1.32. The summed E-state index contributed by atoms with van der Waals surface area (Å²) in [7, 11) is 3.81. The predicted octanol–water partition coefficient (Wildman–Crippen LogP) is 2.74. The summed E-state index contributed by atoms with van der Waals surface area (Å²) in [6, 6.07) is 4.04. The summed E-state index contributed by atoms with van der Waals surface area (Å²) in [4.78, 5) is 8.06. The van der Waals surface area contributed by atoms with E-state index in [2.05, 4.69) is 32.6 Å². The van der Waals surface area contributed by atoms with Gasteiger partial charge in [0, 0.05) is 50.7 Å². The molecule has 0 radical (unpaired) electrons. The van der Waals surface area contributed by atoms with Crippen LogP contribution < -0.4 is 5.32 Å². The largest absolute Gasteiger partial charge is 0.356 e. The SMILES string of the molecule is CN=C(NCCc1ccc(Cl)s1)N1CCC(c2cnn(C)c2)C1. The van der Waals surface area contributed by atoms with Gasteiger partial charge in [0.15, 0.2) is 5.96 Å². The van der Waals surface area contributed by atoms with Crippen LogP contribution in [0.4, 0.5) is 0 Å². The van der Waals surface area contributed by atoms with E-state index < -0.39 is 0 Å². The lowest BCUT2D eigenvalue weighted by molar-refractivity contribution is 0.486. The topological polar surface area (TPSA) is 45.5 Å². The van der Waals surface area contributed by atoms with E-state index in [1.165, 1.54) is 10.4 Å². The maximum Gasteiger partial charge on any atom is 0.193 e. The number of likely N-dealkylation sites (tertiary alicyclic amines) is 1. The predicted molar refractivity (Wildman–Crippen MR) is 96.5 cm³/mol. The van der Waals surface area contributed by atoms with E-state index in [4.69, 9.17) is 11.6 Å². The summed E-state index contributed by atoms with van der Waals surface area (Å²) in [5, 5.41) is 7.74. The van der Waals surface area contributed by atoms with E-state index in [1.807, 2.05) is 31.0 Å². The maximum absolute atomic E-state index is 5.97. The number of aliphatic imine (C=N–C) groups is 1. The highest BCUT2D eigenvalue weighted by Crippen LogP contribution is 2.26. The average Bonchev–Trinajstić information content (AvgIpc) is 3.25. The Labute approximate surface area is 146 Å². The molecule has 1 aliphatic rings. The fourth-order valence-electron chi connectivity index (χ4n) is 2.99. The minimum Gasteiger partial charge on any atom is -0.356 e. The van der Waals surface area contributed by atoms with Crippen molar-refractivity contribution in [1.82, 2.24) is 20.0 Å². The molecule has 0 aliphatic carbocycles. The number of aromatic nitrogens is 2. The lowest BCUT2D eigenvalue weighted by Crippen LogP contribution is -2.40. The molecule has 124 valence electrons. The van der Waals surface area contributed by atoms with Gasteiger partial charge in [-0.1, -0.05) is 11.6 Å². The highest BCUT2D eigenvalue weighted by atomic mass is 35.5. The Morgan fingerprint density at radius 2 is 2.39 bits per heavy atom. The first-order chi connectivity index (χ1) is 11.2. The van der Waals surface area contributed by atoms with Crippen LogP contribution in [0.1, 0.15) is 22.8 Å². The molecule has 23 heavy (non-hydrogen) atoms. The molecule has 2 aromatic heterocycles. The summed E-state index contributed by atoms with van der Waals surface area (Å²) in [6.45, 7) is 2.90. The molecule has 1 atom stereocenters. The van der Waals surface area contributed by atoms with Crippen molar-refractivity contribution in [2.24, 2.45) is 12.0 Å². The number of halogens is 1. The van der Waals surface area contributed by atoms with Crippen LogP contribution in [0.3, 0.4) is 0 Å². The zero-order valence-electron chi connectivity index (χ0n) is 13.5. The fraction of sp³-hybridized carbons (Fsp3) is 0.500. The highest BCUT2D eigenvalue weighted by Gasteiger charge is 2.26. The Hall–Kier alpha value is -1.53. The molecule has 0 amide bonds. The van der Waals surface area contributed by atoms with Crippen LogP contribution in [0.5, 0.6) is 0 Å². The molecule has 1 unspecified atom stereocenters. The fourth-order valence-corrected chi connectivity index (χ4v) is 4.08. The summed E-state index contributed by atoms with van der Waals surface area (Å²) in [5.74, 6) is 1.53. The standard InChI is InChI=1S/C16H22ClN5S/c1-18-16(19-7-5-14-3-4-15(17)23-14)22-8-6-12(11-22)13-9-20-21(2)10-13/h3-4,9-10,12H,5-8,11H2,1-2H3,(H,18,19). The molecule has 1 aliphatic heterocycles. The molecule has 2 aromatic rings. The number of nitrogens with one attached hydrogen (secondary N) is 1. The van der Waals surface area contributed by atoms with Crippen LogP contribution in [0.25, 0.3) is 0 Å². The Bertz CT molecular complexity index is 678. The number of rotatable bonds is 4. The quantitative estimate of drug-likeness (QED) is 0.680. The van der Waals surface area contributed by atoms with E-state index in [0.29, 0.717) is 5.92 Å². The van der Waals surface area contributed by atoms with E-state index in [-0.39, 0.29) is 0 Å². The number of thiophene rings is 1. The Morgan fingerprint density at radius 1 is 1.52 bits per heavy atom. The molecule has 7 heteroatoms. The molecule has 3 rings (SSSR count). The monoisotopic (exact) mass is 351 g/mol. The van der Waals surface area contributed by atoms with Crippen LogP contribution >= 0.6 is 22.9 Å². The van der Waals surface area contributed by atoms with Gasteiger partial charge in [0.05, 0.1) is 10.5 Å². The number of aryl methyl sites for hydroxylation is 1. The van der Waals surface area contributed by atoms with Crippen LogP contribution in [0.15, 0.2) is 29.5 Å². The third-order valence-corrected chi connectivity index (χ3v) is 5.47. The van der Waals surface area contributed by atoms with Crippen molar-refractivity contribution < 1.29 is 0 Å². The molecule has 1 N–H and O–H groups in total. The number of guanidine groups is 1. The summed E-state index contributed by atoms with van der Waals surface area (Å²) < 4.78 is 2.72. The van der Waals surface area contributed by atoms with Gasteiger partial charge in [0.25, 0.3) is 0 Å². The van der Waals surface area contributed by atoms with Gasteiger partial charge in [0.2, 0.25) is 0 Å². The molecule has 0 saturated carbocycles. The van der Waals surface area contributed by atoms with Gasteiger partial charge in [0.1, 0.15) is 0 Å². The van der Waals surface area contributed by atoms with Crippen molar-refractivity contribution in [2.45, 2.75) is 18.8 Å². The van der Waals surface area contributed by atoms with Gasteiger partial charge < -0.3 is 10.2 Å². The maximum atomic E-state index is 5.97. The first-order valence-electron chi connectivity index (χ1n) is 7.84. The Kier molecular flexibility index (Phi) is 5.23. The van der Waals surface area contributed by atoms with Crippen LogP contribution in [0, 0.1) is 0 Å². The van der Waals surface area contributed by atoms with Gasteiger partial charge in [-0.05, 0) is 30.5 Å². The molecule has 5 nitrogen and oxygen atoms in total. The van der Waals surface area contributed by atoms with Crippen molar-refractivity contribution in [2.75, 3.05) is 26.7 Å². The lowest BCUT2D eigenvalue weighted by atomic mass is 10.0. The lowest BCUT2D eigenvalue weighted by Gasteiger charge is -2.21. The van der Waals surface area contributed by atoms with Crippen molar-refractivity contribution in [1.29, 1.82) is 0 Å². The number of nitrogens with zero attached hydrogens (tertiary/aromatic N) is 4. The minimum absolute atomic E-state index is 0.540. The Balaban J connectivity index is 1.51. The molecule has 1 fully saturated rings. The second-order valence-corrected chi connectivity index (χ2v) is 7.61. The van der Waals surface area contributed by atoms with Crippen LogP contribution in [-0.2, 0) is 13.5 Å².